The van der Waals surface area contributed by atoms with E-state index >= 15 is 0 Å². The number of rotatable bonds is 6. The van der Waals surface area contributed by atoms with Crippen molar-refractivity contribution in [3.05, 3.63) is 59.7 Å². The van der Waals surface area contributed by atoms with E-state index in [0.29, 0.717) is 17.1 Å². The summed E-state index contributed by atoms with van der Waals surface area (Å²) in [7, 11) is 1.54. The highest BCUT2D eigenvalue weighted by molar-refractivity contribution is 5.57. The number of benzene rings is 2. The molecule has 27 heavy (non-hydrogen) atoms. The van der Waals surface area contributed by atoms with E-state index < -0.39 is 17.8 Å². The van der Waals surface area contributed by atoms with Gasteiger partial charge in [0.05, 0.1) is 18.8 Å². The number of aromatic nitrogens is 2. The molecular formula is C18H16F3N3O3. The lowest BCUT2D eigenvalue weighted by Crippen LogP contribution is -2.13. The molecule has 0 saturated heterocycles. The van der Waals surface area contributed by atoms with Crippen molar-refractivity contribution in [2.45, 2.75) is 12.3 Å². The number of methoxy groups -OCH3 is 1. The van der Waals surface area contributed by atoms with Crippen molar-refractivity contribution in [1.82, 2.24) is 10.1 Å². The van der Waals surface area contributed by atoms with Crippen LogP contribution in [0.3, 0.4) is 0 Å². The summed E-state index contributed by atoms with van der Waals surface area (Å²) in [5.41, 5.74) is -0.0217. The molecule has 0 spiro atoms. The quantitative estimate of drug-likeness (QED) is 0.676. The summed E-state index contributed by atoms with van der Waals surface area (Å²) in [4.78, 5) is 4.14. The first-order chi connectivity index (χ1) is 12.9. The Kier molecular flexibility index (Phi) is 5.31. The van der Waals surface area contributed by atoms with Gasteiger partial charge in [-0.2, -0.15) is 18.2 Å². The molecule has 1 unspecified atom stereocenters. The van der Waals surface area contributed by atoms with Crippen LogP contribution in [0.25, 0.3) is 11.4 Å². The standard InChI is InChI=1S/C18H16F3N3O3/c1-26-14-7-3-5-12(9-14)16-23-17(27-24-16)22-10-15(25)11-4-2-6-13(8-11)18(19,20)21/h2-9,15,25H,10H2,1H3,(H,22,23,24). The number of alkyl halides is 3. The third-order valence-electron chi connectivity index (χ3n) is 3.80. The van der Waals surface area contributed by atoms with E-state index in [2.05, 4.69) is 15.5 Å². The second-order valence-corrected chi connectivity index (χ2v) is 5.68. The van der Waals surface area contributed by atoms with Gasteiger partial charge in [-0.25, -0.2) is 0 Å². The zero-order valence-corrected chi connectivity index (χ0v) is 14.2. The van der Waals surface area contributed by atoms with Crippen molar-refractivity contribution in [3.63, 3.8) is 0 Å². The summed E-state index contributed by atoms with van der Waals surface area (Å²) in [6, 6.07) is 11.6. The summed E-state index contributed by atoms with van der Waals surface area (Å²) in [6.45, 7) is -0.0962. The zero-order chi connectivity index (χ0) is 19.4. The molecule has 0 fully saturated rings. The Morgan fingerprint density at radius 3 is 2.70 bits per heavy atom. The van der Waals surface area contributed by atoms with E-state index in [1.54, 1.807) is 24.3 Å². The van der Waals surface area contributed by atoms with Gasteiger partial charge in [0.15, 0.2) is 0 Å². The van der Waals surface area contributed by atoms with Gasteiger partial charge in [0, 0.05) is 12.1 Å². The third kappa shape index (κ3) is 4.56. The minimum Gasteiger partial charge on any atom is -0.497 e. The molecule has 6 nitrogen and oxygen atoms in total. The largest absolute Gasteiger partial charge is 0.497 e. The van der Waals surface area contributed by atoms with Crippen LogP contribution in [-0.2, 0) is 6.18 Å². The first-order valence-electron chi connectivity index (χ1n) is 7.94. The van der Waals surface area contributed by atoms with Gasteiger partial charge in [0.1, 0.15) is 5.75 Å². The number of halogens is 3. The highest BCUT2D eigenvalue weighted by Gasteiger charge is 2.30. The van der Waals surface area contributed by atoms with Crippen molar-refractivity contribution in [2.75, 3.05) is 19.0 Å². The Labute approximate surface area is 152 Å². The molecule has 3 rings (SSSR count). The summed E-state index contributed by atoms with van der Waals surface area (Å²) in [6.07, 6.45) is -5.65. The van der Waals surface area contributed by atoms with Crippen LogP contribution in [-0.4, -0.2) is 28.9 Å². The van der Waals surface area contributed by atoms with Gasteiger partial charge in [-0.15, -0.1) is 0 Å². The summed E-state index contributed by atoms with van der Waals surface area (Å²) >= 11 is 0. The smallest absolute Gasteiger partial charge is 0.416 e. The van der Waals surface area contributed by atoms with Crippen molar-refractivity contribution in [2.24, 2.45) is 0 Å². The van der Waals surface area contributed by atoms with E-state index in [1.165, 1.54) is 19.2 Å². The fraction of sp³-hybridized carbons (Fsp3) is 0.222. The van der Waals surface area contributed by atoms with E-state index in [1.807, 2.05) is 0 Å². The fourth-order valence-electron chi connectivity index (χ4n) is 2.40. The molecule has 3 aromatic rings. The Balaban J connectivity index is 1.66. The Morgan fingerprint density at radius 2 is 1.96 bits per heavy atom. The minimum atomic E-state index is -4.47. The number of ether oxygens (including phenoxy) is 1. The van der Waals surface area contributed by atoms with Gasteiger partial charge in [0.2, 0.25) is 5.82 Å². The molecule has 0 amide bonds. The molecule has 0 aliphatic carbocycles. The fourth-order valence-corrected chi connectivity index (χ4v) is 2.40. The first-order valence-corrected chi connectivity index (χ1v) is 7.94. The summed E-state index contributed by atoms with van der Waals surface area (Å²) in [5, 5.41) is 16.7. The predicted octanol–water partition coefficient (Wildman–Crippen LogP) is 3.91. The van der Waals surface area contributed by atoms with Gasteiger partial charge in [0.25, 0.3) is 0 Å². The number of hydrogen-bond donors (Lipinski definition) is 2. The van der Waals surface area contributed by atoms with Crippen molar-refractivity contribution in [1.29, 1.82) is 0 Å². The number of nitrogens with zero attached hydrogens (tertiary/aromatic N) is 2. The average molecular weight is 379 g/mol. The van der Waals surface area contributed by atoms with Crippen LogP contribution in [0.4, 0.5) is 19.2 Å². The van der Waals surface area contributed by atoms with E-state index in [-0.39, 0.29) is 18.1 Å². The van der Waals surface area contributed by atoms with Gasteiger partial charge < -0.3 is 19.7 Å². The predicted molar refractivity (Wildman–Crippen MR) is 91.2 cm³/mol. The lowest BCUT2D eigenvalue weighted by molar-refractivity contribution is -0.137. The van der Waals surface area contributed by atoms with Crippen LogP contribution >= 0.6 is 0 Å². The van der Waals surface area contributed by atoms with Crippen LogP contribution in [0.1, 0.15) is 17.2 Å². The Hall–Kier alpha value is -3.07. The second kappa shape index (κ2) is 7.67. The molecule has 0 aliphatic heterocycles. The molecule has 1 heterocycles. The van der Waals surface area contributed by atoms with Crippen LogP contribution < -0.4 is 10.1 Å². The molecule has 142 valence electrons. The van der Waals surface area contributed by atoms with Crippen LogP contribution in [0, 0.1) is 0 Å². The maximum absolute atomic E-state index is 12.8. The van der Waals surface area contributed by atoms with Crippen molar-refractivity contribution < 1.29 is 27.5 Å². The number of aliphatic hydroxyl groups excluding tert-OH is 1. The maximum atomic E-state index is 12.8. The van der Waals surface area contributed by atoms with Gasteiger partial charge in [-0.05, 0) is 29.8 Å². The Morgan fingerprint density at radius 1 is 1.19 bits per heavy atom. The number of nitrogens with one attached hydrogen (secondary N) is 1. The van der Waals surface area contributed by atoms with E-state index in [9.17, 15) is 18.3 Å². The number of hydrogen-bond acceptors (Lipinski definition) is 6. The lowest BCUT2D eigenvalue weighted by atomic mass is 10.1. The molecule has 2 aromatic carbocycles. The first kappa shape index (κ1) is 18.7. The van der Waals surface area contributed by atoms with Crippen LogP contribution in [0.5, 0.6) is 5.75 Å². The molecule has 2 N–H and O–H groups in total. The highest BCUT2D eigenvalue weighted by Crippen LogP contribution is 2.31. The molecular weight excluding hydrogens is 363 g/mol. The molecule has 1 atom stereocenters. The lowest BCUT2D eigenvalue weighted by Gasteiger charge is -2.13. The zero-order valence-electron chi connectivity index (χ0n) is 14.2. The second-order valence-electron chi connectivity index (χ2n) is 5.68. The summed E-state index contributed by atoms with van der Waals surface area (Å²) in [5.74, 6) is 0.941. The van der Waals surface area contributed by atoms with Gasteiger partial charge in [-0.1, -0.05) is 29.4 Å². The molecule has 1 aromatic heterocycles. The average Bonchev–Trinajstić information content (AvgIpc) is 3.14. The minimum absolute atomic E-state index is 0.0406. The molecule has 9 heteroatoms. The normalized spacial score (nSPS) is 12.6. The summed E-state index contributed by atoms with van der Waals surface area (Å²) < 4.78 is 48.5. The number of aliphatic hydroxyl groups is 1. The van der Waals surface area contributed by atoms with E-state index in [4.69, 9.17) is 9.26 Å². The van der Waals surface area contributed by atoms with Gasteiger partial charge >= 0.3 is 12.2 Å². The van der Waals surface area contributed by atoms with Gasteiger partial charge in [-0.3, -0.25) is 0 Å². The molecule has 0 bridgehead atoms. The molecule has 0 saturated carbocycles. The molecule has 0 radical (unpaired) electrons. The van der Waals surface area contributed by atoms with Crippen LogP contribution in [0.2, 0.25) is 0 Å². The maximum Gasteiger partial charge on any atom is 0.416 e. The monoisotopic (exact) mass is 379 g/mol. The highest BCUT2D eigenvalue weighted by atomic mass is 19.4. The van der Waals surface area contributed by atoms with E-state index in [0.717, 1.165) is 12.1 Å². The van der Waals surface area contributed by atoms with Crippen molar-refractivity contribution in [3.8, 4) is 17.1 Å². The topological polar surface area (TPSA) is 80.4 Å². The SMILES string of the molecule is COc1cccc(-c2noc(NCC(O)c3cccc(C(F)(F)F)c3)n2)c1. The van der Waals surface area contributed by atoms with Crippen LogP contribution in [0.15, 0.2) is 53.1 Å². The molecule has 0 aliphatic rings. The van der Waals surface area contributed by atoms with Crippen molar-refractivity contribution >= 4 is 6.01 Å². The Bertz CT molecular complexity index is 912. The number of anilines is 1. The third-order valence-corrected chi connectivity index (χ3v) is 3.80.